The lowest BCUT2D eigenvalue weighted by molar-refractivity contribution is 0.0702. The van der Waals surface area contributed by atoms with Crippen LogP contribution >= 0.6 is 0 Å². The normalized spacial score (nSPS) is 23.6. The van der Waals surface area contributed by atoms with Crippen LogP contribution in [0.15, 0.2) is 12.4 Å². The first-order valence-electron chi connectivity index (χ1n) is 8.98. The van der Waals surface area contributed by atoms with Crippen LogP contribution in [0.25, 0.3) is 0 Å². The van der Waals surface area contributed by atoms with Gasteiger partial charge < -0.3 is 9.80 Å². The van der Waals surface area contributed by atoms with E-state index in [0.717, 1.165) is 37.7 Å². The zero-order valence-corrected chi connectivity index (χ0v) is 15.7. The molecule has 2 aliphatic rings. The highest BCUT2D eigenvalue weighted by molar-refractivity contribution is 7.91. The quantitative estimate of drug-likeness (QED) is 0.800. The number of hydrogen-bond acceptors (Lipinski definition) is 6. The number of amides is 1. The zero-order chi connectivity index (χ0) is 18.0. The standard InChI is InChI=1S/C17H26N4O3S/c1-3-21(14-6-9-25(23,24)12-14)17(22)15-10-19-16(11-18-15)20-7-4-13(2)5-8-20/h10-11,13-14H,3-9,12H2,1-2H3. The molecular weight excluding hydrogens is 340 g/mol. The largest absolute Gasteiger partial charge is 0.355 e. The van der Waals surface area contributed by atoms with Gasteiger partial charge in [0.2, 0.25) is 0 Å². The number of nitrogens with zero attached hydrogens (tertiary/aromatic N) is 4. The van der Waals surface area contributed by atoms with Crippen molar-refractivity contribution in [1.29, 1.82) is 0 Å². The van der Waals surface area contributed by atoms with Crippen LogP contribution in [0.5, 0.6) is 0 Å². The molecular formula is C17H26N4O3S. The summed E-state index contributed by atoms with van der Waals surface area (Å²) in [4.78, 5) is 25.2. The third kappa shape index (κ3) is 4.11. The summed E-state index contributed by atoms with van der Waals surface area (Å²) in [5.74, 6) is 1.50. The number of carbonyl (C=O) groups excluding carboxylic acids is 1. The van der Waals surface area contributed by atoms with Gasteiger partial charge in [0.1, 0.15) is 11.5 Å². The molecule has 0 spiro atoms. The van der Waals surface area contributed by atoms with Crippen LogP contribution in [0, 0.1) is 5.92 Å². The van der Waals surface area contributed by atoms with E-state index in [2.05, 4.69) is 21.8 Å². The summed E-state index contributed by atoms with van der Waals surface area (Å²) in [5, 5.41) is 0. The molecule has 0 saturated carbocycles. The smallest absolute Gasteiger partial charge is 0.274 e. The first-order valence-corrected chi connectivity index (χ1v) is 10.8. The van der Waals surface area contributed by atoms with Crippen molar-refractivity contribution in [2.24, 2.45) is 5.92 Å². The fourth-order valence-electron chi connectivity index (χ4n) is 3.57. The molecule has 2 fully saturated rings. The summed E-state index contributed by atoms with van der Waals surface area (Å²) in [6, 6.07) is -0.257. The number of carbonyl (C=O) groups is 1. The molecule has 7 nitrogen and oxygen atoms in total. The lowest BCUT2D eigenvalue weighted by Crippen LogP contribution is -2.41. The molecule has 1 atom stereocenters. The van der Waals surface area contributed by atoms with Crippen LogP contribution in [0.1, 0.15) is 43.6 Å². The van der Waals surface area contributed by atoms with Gasteiger partial charge in [0.25, 0.3) is 5.91 Å². The van der Waals surface area contributed by atoms with Crippen LogP contribution < -0.4 is 4.90 Å². The van der Waals surface area contributed by atoms with Crippen molar-refractivity contribution in [1.82, 2.24) is 14.9 Å². The third-order valence-corrected chi connectivity index (χ3v) is 6.97. The molecule has 0 N–H and O–H groups in total. The minimum atomic E-state index is -3.03. The molecule has 2 saturated heterocycles. The maximum atomic E-state index is 12.7. The average Bonchev–Trinajstić information content (AvgIpc) is 2.96. The maximum absolute atomic E-state index is 12.7. The lowest BCUT2D eigenvalue weighted by Gasteiger charge is -2.31. The van der Waals surface area contributed by atoms with Crippen molar-refractivity contribution < 1.29 is 13.2 Å². The van der Waals surface area contributed by atoms with Crippen molar-refractivity contribution in [2.75, 3.05) is 36.0 Å². The Labute approximate surface area is 149 Å². The van der Waals surface area contributed by atoms with E-state index in [1.54, 1.807) is 11.1 Å². The molecule has 25 heavy (non-hydrogen) atoms. The van der Waals surface area contributed by atoms with Crippen molar-refractivity contribution in [2.45, 2.75) is 39.2 Å². The monoisotopic (exact) mass is 366 g/mol. The number of anilines is 1. The summed E-state index contributed by atoms with van der Waals surface area (Å²) < 4.78 is 23.4. The minimum absolute atomic E-state index is 0.0457. The highest BCUT2D eigenvalue weighted by atomic mass is 32.2. The van der Waals surface area contributed by atoms with Gasteiger partial charge in [0, 0.05) is 25.7 Å². The first-order chi connectivity index (χ1) is 11.9. The summed E-state index contributed by atoms with van der Waals surface area (Å²) in [6.45, 7) is 6.51. The topological polar surface area (TPSA) is 83.5 Å². The highest BCUT2D eigenvalue weighted by Crippen LogP contribution is 2.22. The number of rotatable bonds is 4. The SMILES string of the molecule is CCN(C(=O)c1cnc(N2CCC(C)CC2)cn1)C1CCS(=O)(=O)C1. The van der Waals surface area contributed by atoms with Gasteiger partial charge in [-0.05, 0) is 32.1 Å². The molecule has 0 radical (unpaired) electrons. The Morgan fingerprint density at radius 2 is 1.96 bits per heavy atom. The van der Waals surface area contributed by atoms with E-state index in [-0.39, 0.29) is 29.1 Å². The van der Waals surface area contributed by atoms with E-state index >= 15 is 0 Å². The molecule has 138 valence electrons. The second kappa shape index (κ2) is 7.27. The second-order valence-corrected chi connectivity index (χ2v) is 9.31. The highest BCUT2D eigenvalue weighted by Gasteiger charge is 2.34. The van der Waals surface area contributed by atoms with Crippen LogP contribution in [-0.4, -0.2) is 66.4 Å². The fourth-order valence-corrected chi connectivity index (χ4v) is 5.30. The summed E-state index contributed by atoms with van der Waals surface area (Å²) in [7, 11) is -3.03. The van der Waals surface area contributed by atoms with Gasteiger partial charge in [0.15, 0.2) is 9.84 Å². The molecule has 1 aromatic heterocycles. The van der Waals surface area contributed by atoms with Crippen molar-refractivity contribution in [3.05, 3.63) is 18.1 Å². The minimum Gasteiger partial charge on any atom is -0.355 e. The van der Waals surface area contributed by atoms with E-state index in [1.165, 1.54) is 6.20 Å². The Morgan fingerprint density at radius 3 is 2.48 bits per heavy atom. The predicted molar refractivity (Wildman–Crippen MR) is 96.4 cm³/mol. The van der Waals surface area contributed by atoms with Crippen molar-refractivity contribution in [3.63, 3.8) is 0 Å². The van der Waals surface area contributed by atoms with Gasteiger partial charge >= 0.3 is 0 Å². The number of aromatic nitrogens is 2. The molecule has 1 unspecified atom stereocenters. The van der Waals surface area contributed by atoms with E-state index in [1.807, 2.05) is 6.92 Å². The molecule has 3 rings (SSSR count). The Bertz CT molecular complexity index is 712. The fraction of sp³-hybridized carbons (Fsp3) is 0.706. The molecule has 2 aliphatic heterocycles. The molecule has 8 heteroatoms. The maximum Gasteiger partial charge on any atom is 0.274 e. The van der Waals surface area contributed by atoms with Gasteiger partial charge in [-0.2, -0.15) is 0 Å². The van der Waals surface area contributed by atoms with E-state index in [9.17, 15) is 13.2 Å². The van der Waals surface area contributed by atoms with Gasteiger partial charge in [-0.25, -0.2) is 18.4 Å². The van der Waals surface area contributed by atoms with Gasteiger partial charge in [-0.15, -0.1) is 0 Å². The Hall–Kier alpha value is -1.70. The molecule has 3 heterocycles. The van der Waals surface area contributed by atoms with Gasteiger partial charge in [-0.1, -0.05) is 6.92 Å². The number of sulfone groups is 1. The zero-order valence-electron chi connectivity index (χ0n) is 14.9. The van der Waals surface area contributed by atoms with Gasteiger partial charge in [-0.3, -0.25) is 4.79 Å². The second-order valence-electron chi connectivity index (χ2n) is 7.08. The summed E-state index contributed by atoms with van der Waals surface area (Å²) >= 11 is 0. The van der Waals surface area contributed by atoms with E-state index in [4.69, 9.17) is 0 Å². The number of piperidine rings is 1. The van der Waals surface area contributed by atoms with E-state index < -0.39 is 9.84 Å². The van der Waals surface area contributed by atoms with Crippen molar-refractivity contribution >= 4 is 21.6 Å². The summed E-state index contributed by atoms with van der Waals surface area (Å²) in [5.41, 5.74) is 0.278. The molecule has 0 bridgehead atoms. The third-order valence-electron chi connectivity index (χ3n) is 5.22. The van der Waals surface area contributed by atoms with Crippen LogP contribution in [0.3, 0.4) is 0 Å². The molecule has 0 aromatic carbocycles. The van der Waals surface area contributed by atoms with Crippen LogP contribution in [0.4, 0.5) is 5.82 Å². The van der Waals surface area contributed by atoms with Crippen LogP contribution in [0.2, 0.25) is 0 Å². The summed E-state index contributed by atoms with van der Waals surface area (Å²) in [6.07, 6.45) is 5.95. The Balaban J connectivity index is 1.69. The molecule has 0 aliphatic carbocycles. The first kappa shape index (κ1) is 18.1. The van der Waals surface area contributed by atoms with Gasteiger partial charge in [0.05, 0.1) is 23.9 Å². The van der Waals surface area contributed by atoms with Crippen LogP contribution in [-0.2, 0) is 9.84 Å². The molecule has 1 amide bonds. The Kier molecular flexibility index (Phi) is 5.27. The predicted octanol–water partition coefficient (Wildman–Crippen LogP) is 1.36. The number of hydrogen-bond donors (Lipinski definition) is 0. The van der Waals surface area contributed by atoms with E-state index in [0.29, 0.717) is 13.0 Å². The average molecular weight is 366 g/mol. The Morgan fingerprint density at radius 1 is 1.24 bits per heavy atom. The van der Waals surface area contributed by atoms with Crippen molar-refractivity contribution in [3.8, 4) is 0 Å². The molecule has 1 aromatic rings. The lowest BCUT2D eigenvalue weighted by atomic mass is 9.99.